The molecule has 49 heavy (non-hydrogen) atoms. The molecule has 0 aliphatic carbocycles. The fourth-order valence-electron chi connectivity index (χ4n) is 4.83. The van der Waals surface area contributed by atoms with E-state index in [2.05, 4.69) is 30.1 Å². The first-order valence-electron chi connectivity index (χ1n) is 14.7. The third-order valence-corrected chi connectivity index (χ3v) is 8.12. The second-order valence-corrected chi connectivity index (χ2v) is 12.2. The molecule has 1 aliphatic heterocycles. The van der Waals surface area contributed by atoms with Crippen molar-refractivity contribution >= 4 is 40.6 Å². The monoisotopic (exact) mass is 709 g/mol. The van der Waals surface area contributed by atoms with E-state index in [-0.39, 0.29) is 30.6 Å². The zero-order valence-corrected chi connectivity index (χ0v) is 26.7. The molecule has 1 aliphatic rings. The molecule has 1 fully saturated rings. The largest absolute Gasteiger partial charge is 0.573 e. The molecule has 2 aromatic carbocycles. The number of hydrogen-bond acceptors (Lipinski definition) is 10. The maximum atomic E-state index is 13.7. The van der Waals surface area contributed by atoms with Gasteiger partial charge in [0.2, 0.25) is 5.91 Å². The molecule has 0 saturated carbocycles. The van der Waals surface area contributed by atoms with Crippen molar-refractivity contribution in [2.75, 3.05) is 24.5 Å². The number of rotatable bonds is 10. The summed E-state index contributed by atoms with van der Waals surface area (Å²) in [5, 5.41) is 5.62. The standard InChI is InChI=1S/C31H29F6N7O4S/c1-18(2)41-28(45)23-14-38-15-24-27(23)42-26(16-39-24)43-11-12-44(49-22-9-7-21(8-10-22)48-31(35,36)37)25(17-43)29(46)40-13-19-3-5-20(6-4-19)47-30(32,33)34/h3-10,14-16,18,25H,11-13,17H2,1-2H3,(H,40,46)(H,41,45)/t25-/m1/s1. The van der Waals surface area contributed by atoms with Crippen LogP contribution in [-0.2, 0) is 11.3 Å². The van der Waals surface area contributed by atoms with Gasteiger partial charge in [0.15, 0.2) is 0 Å². The number of anilines is 1. The Balaban J connectivity index is 1.36. The lowest BCUT2D eigenvalue weighted by Crippen LogP contribution is -2.56. The Morgan fingerprint density at radius 1 is 0.918 bits per heavy atom. The summed E-state index contributed by atoms with van der Waals surface area (Å²) in [7, 11) is 0. The van der Waals surface area contributed by atoms with E-state index < -0.39 is 36.2 Å². The van der Waals surface area contributed by atoms with E-state index in [4.69, 9.17) is 4.98 Å². The number of halogens is 6. The second-order valence-electron chi connectivity index (χ2n) is 11.0. The van der Waals surface area contributed by atoms with Crippen LogP contribution in [0.1, 0.15) is 29.8 Å². The summed E-state index contributed by atoms with van der Waals surface area (Å²) < 4.78 is 85.2. The third-order valence-electron chi connectivity index (χ3n) is 6.97. The molecule has 4 aromatic rings. The van der Waals surface area contributed by atoms with Gasteiger partial charge in [-0.3, -0.25) is 14.6 Å². The van der Waals surface area contributed by atoms with E-state index in [1.165, 1.54) is 55.0 Å². The molecule has 2 amide bonds. The smallest absolute Gasteiger partial charge is 0.406 e. The average molecular weight is 710 g/mol. The van der Waals surface area contributed by atoms with Crippen LogP contribution in [0.4, 0.5) is 32.2 Å². The number of carbonyl (C=O) groups is 2. The SMILES string of the molecule is CC(C)NC(=O)c1cncc2ncc(N3CCN(Sc4ccc(OC(F)(F)F)cc4)[C@@H](C(=O)NCc4ccc(OC(F)(F)F)cc4)C3)nc12. The molecule has 0 bridgehead atoms. The Hall–Kier alpha value is -4.84. The van der Waals surface area contributed by atoms with Crippen molar-refractivity contribution in [1.82, 2.24) is 29.9 Å². The van der Waals surface area contributed by atoms with Crippen LogP contribution in [0.2, 0.25) is 0 Å². The third kappa shape index (κ3) is 9.85. The minimum Gasteiger partial charge on any atom is -0.406 e. The Morgan fingerprint density at radius 2 is 1.55 bits per heavy atom. The normalized spacial score (nSPS) is 15.7. The molecule has 11 nitrogen and oxygen atoms in total. The zero-order valence-electron chi connectivity index (χ0n) is 25.9. The summed E-state index contributed by atoms with van der Waals surface area (Å²) in [6, 6.07) is 9.27. The van der Waals surface area contributed by atoms with Gasteiger partial charge in [-0.2, -0.15) is 0 Å². The molecule has 0 radical (unpaired) electrons. The maximum Gasteiger partial charge on any atom is 0.573 e. The Kier molecular flexibility index (Phi) is 10.7. The van der Waals surface area contributed by atoms with Crippen molar-refractivity contribution < 1.29 is 45.4 Å². The minimum absolute atomic E-state index is 0.0132. The molecule has 3 heterocycles. The molecule has 1 atom stereocenters. The molecule has 1 saturated heterocycles. The topological polar surface area (TPSA) is 122 Å². The number of hydrogen-bond donors (Lipinski definition) is 2. The lowest BCUT2D eigenvalue weighted by atomic mass is 10.1. The van der Waals surface area contributed by atoms with Gasteiger partial charge in [-0.15, -0.1) is 26.3 Å². The lowest BCUT2D eigenvalue weighted by molar-refractivity contribution is -0.275. The number of nitrogens with zero attached hydrogens (tertiary/aromatic N) is 5. The summed E-state index contributed by atoms with van der Waals surface area (Å²) in [4.78, 5) is 42.1. The van der Waals surface area contributed by atoms with Crippen LogP contribution in [0.25, 0.3) is 11.0 Å². The minimum atomic E-state index is -4.85. The molecule has 0 unspecified atom stereocenters. The van der Waals surface area contributed by atoms with Gasteiger partial charge < -0.3 is 25.0 Å². The highest BCUT2D eigenvalue weighted by molar-refractivity contribution is 7.97. The number of alkyl halides is 6. The van der Waals surface area contributed by atoms with Crippen LogP contribution in [-0.4, -0.2) is 75.5 Å². The first-order chi connectivity index (χ1) is 23.1. The molecule has 2 aromatic heterocycles. The van der Waals surface area contributed by atoms with Gasteiger partial charge in [0.25, 0.3) is 5.91 Å². The molecule has 2 N–H and O–H groups in total. The molecular formula is C31H29F6N7O4S. The molecule has 18 heteroatoms. The summed E-state index contributed by atoms with van der Waals surface area (Å²) in [6.07, 6.45) is -5.30. The number of fused-ring (bicyclic) bond motifs is 1. The highest BCUT2D eigenvalue weighted by Crippen LogP contribution is 2.32. The Labute approximate surface area is 280 Å². The quantitative estimate of drug-likeness (QED) is 0.162. The van der Waals surface area contributed by atoms with Gasteiger partial charge in [0.05, 0.1) is 18.0 Å². The van der Waals surface area contributed by atoms with Crippen molar-refractivity contribution in [2.45, 2.75) is 50.1 Å². The molecule has 0 spiro atoms. The van der Waals surface area contributed by atoms with E-state index in [1.807, 2.05) is 18.7 Å². The number of aromatic nitrogens is 3. The number of benzene rings is 2. The summed E-state index contributed by atoms with van der Waals surface area (Å²) in [6.45, 7) is 4.39. The maximum absolute atomic E-state index is 13.7. The van der Waals surface area contributed by atoms with E-state index >= 15 is 0 Å². The van der Waals surface area contributed by atoms with E-state index in [1.54, 1.807) is 4.31 Å². The van der Waals surface area contributed by atoms with Crippen LogP contribution >= 0.6 is 11.9 Å². The van der Waals surface area contributed by atoms with Crippen molar-refractivity contribution in [2.24, 2.45) is 0 Å². The van der Waals surface area contributed by atoms with Gasteiger partial charge in [-0.1, -0.05) is 12.1 Å². The van der Waals surface area contributed by atoms with Crippen molar-refractivity contribution in [3.63, 3.8) is 0 Å². The Bertz CT molecular complexity index is 1780. The average Bonchev–Trinajstić information content (AvgIpc) is 3.03. The highest BCUT2D eigenvalue weighted by Gasteiger charge is 2.35. The van der Waals surface area contributed by atoms with Crippen LogP contribution in [0.15, 0.2) is 72.0 Å². The van der Waals surface area contributed by atoms with Gasteiger partial charge >= 0.3 is 12.7 Å². The van der Waals surface area contributed by atoms with Gasteiger partial charge in [-0.05, 0) is 67.8 Å². The zero-order chi connectivity index (χ0) is 35.3. The van der Waals surface area contributed by atoms with Gasteiger partial charge in [0, 0.05) is 43.3 Å². The van der Waals surface area contributed by atoms with Crippen molar-refractivity contribution in [3.05, 3.63) is 78.2 Å². The fraction of sp³-hybridized carbons (Fsp3) is 0.323. The number of pyridine rings is 1. The Morgan fingerprint density at radius 3 is 2.16 bits per heavy atom. The molecular weight excluding hydrogens is 680 g/mol. The van der Waals surface area contributed by atoms with Crippen LogP contribution < -0.4 is 25.0 Å². The second kappa shape index (κ2) is 14.7. The van der Waals surface area contributed by atoms with E-state index in [9.17, 15) is 35.9 Å². The highest BCUT2D eigenvalue weighted by atomic mass is 32.2. The van der Waals surface area contributed by atoms with E-state index in [0.717, 1.165) is 24.1 Å². The first-order valence-corrected chi connectivity index (χ1v) is 15.5. The van der Waals surface area contributed by atoms with Crippen LogP contribution in [0.5, 0.6) is 11.5 Å². The summed E-state index contributed by atoms with van der Waals surface area (Å²) >= 11 is 1.16. The fourth-order valence-corrected chi connectivity index (χ4v) is 5.83. The van der Waals surface area contributed by atoms with E-state index in [0.29, 0.717) is 40.4 Å². The van der Waals surface area contributed by atoms with Crippen molar-refractivity contribution in [1.29, 1.82) is 0 Å². The molecule has 5 rings (SSSR count). The number of carbonyl (C=O) groups excluding carboxylic acids is 2. The lowest BCUT2D eigenvalue weighted by Gasteiger charge is -2.40. The van der Waals surface area contributed by atoms with Gasteiger partial charge in [0.1, 0.15) is 34.4 Å². The summed E-state index contributed by atoms with van der Waals surface area (Å²) in [5.41, 5.74) is 1.46. The number of ether oxygens (including phenoxy) is 2. The molecule has 260 valence electrons. The van der Waals surface area contributed by atoms with Crippen LogP contribution in [0, 0.1) is 0 Å². The van der Waals surface area contributed by atoms with Gasteiger partial charge in [-0.25, -0.2) is 14.3 Å². The first kappa shape index (κ1) is 35.5. The number of piperazine rings is 1. The predicted octanol–water partition coefficient (Wildman–Crippen LogP) is 5.47. The number of nitrogens with one attached hydrogen (secondary N) is 2. The predicted molar refractivity (Wildman–Crippen MR) is 167 cm³/mol. The number of amides is 2. The van der Waals surface area contributed by atoms with Crippen LogP contribution in [0.3, 0.4) is 0 Å². The summed E-state index contributed by atoms with van der Waals surface area (Å²) in [5.74, 6) is -1.21. The van der Waals surface area contributed by atoms with Crippen molar-refractivity contribution in [3.8, 4) is 11.5 Å².